The van der Waals surface area contributed by atoms with Gasteiger partial charge in [0.25, 0.3) is 0 Å². The van der Waals surface area contributed by atoms with Gasteiger partial charge in [0, 0.05) is 19.6 Å². The van der Waals surface area contributed by atoms with Crippen molar-refractivity contribution < 1.29 is 9.90 Å². The van der Waals surface area contributed by atoms with Gasteiger partial charge in [-0.25, -0.2) is 0 Å². The first-order chi connectivity index (χ1) is 8.20. The zero-order chi connectivity index (χ0) is 12.3. The number of aliphatic hydroxyl groups is 1. The van der Waals surface area contributed by atoms with Crippen LogP contribution < -0.4 is 5.32 Å². The molecule has 2 rings (SSSR count). The van der Waals surface area contributed by atoms with Crippen LogP contribution in [0.3, 0.4) is 0 Å². The Morgan fingerprint density at radius 3 is 2.65 bits per heavy atom. The molecule has 0 saturated carbocycles. The molecular formula is C13H24N2O2. The number of amides is 1. The van der Waals surface area contributed by atoms with Crippen LogP contribution in [-0.4, -0.2) is 47.7 Å². The number of β-amino-alcohol motifs (C(OH)–C–C–N with tert-alkyl or cyclic N) is 1. The van der Waals surface area contributed by atoms with Crippen molar-refractivity contribution in [3.05, 3.63) is 0 Å². The number of carbonyl (C=O) groups is 1. The van der Waals surface area contributed by atoms with E-state index in [0.29, 0.717) is 13.0 Å². The molecule has 98 valence electrons. The number of hydrogen-bond donors (Lipinski definition) is 2. The fraction of sp³-hybridized carbons (Fsp3) is 0.923. The molecule has 2 aliphatic rings. The Morgan fingerprint density at radius 2 is 2.12 bits per heavy atom. The summed E-state index contributed by atoms with van der Waals surface area (Å²) in [5, 5.41) is 12.5. The van der Waals surface area contributed by atoms with Crippen LogP contribution in [0.5, 0.6) is 0 Å². The normalized spacial score (nSPS) is 30.8. The van der Waals surface area contributed by atoms with Crippen LogP contribution in [0.15, 0.2) is 0 Å². The van der Waals surface area contributed by atoms with Crippen molar-refractivity contribution in [3.63, 3.8) is 0 Å². The molecule has 0 radical (unpaired) electrons. The van der Waals surface area contributed by atoms with Crippen LogP contribution in [0.2, 0.25) is 0 Å². The summed E-state index contributed by atoms with van der Waals surface area (Å²) in [6.45, 7) is 4.58. The molecule has 2 atom stereocenters. The molecule has 0 bridgehead atoms. The molecule has 2 saturated heterocycles. The summed E-state index contributed by atoms with van der Waals surface area (Å²) >= 11 is 0. The summed E-state index contributed by atoms with van der Waals surface area (Å²) in [5.74, 6) is 1.00. The van der Waals surface area contributed by atoms with Crippen LogP contribution in [0.1, 0.15) is 39.0 Å². The molecule has 2 N–H and O–H groups in total. The fourth-order valence-corrected chi connectivity index (χ4v) is 2.98. The maximum absolute atomic E-state index is 12.2. The minimum atomic E-state index is -0.346. The number of hydrogen-bond acceptors (Lipinski definition) is 3. The van der Waals surface area contributed by atoms with Gasteiger partial charge < -0.3 is 15.3 Å². The van der Waals surface area contributed by atoms with Crippen molar-refractivity contribution >= 4 is 5.91 Å². The monoisotopic (exact) mass is 240 g/mol. The Labute approximate surface area is 103 Å². The lowest BCUT2D eigenvalue weighted by atomic mass is 9.92. The predicted molar refractivity (Wildman–Crippen MR) is 66.6 cm³/mol. The summed E-state index contributed by atoms with van der Waals surface area (Å²) in [7, 11) is 0. The quantitative estimate of drug-likeness (QED) is 0.765. The van der Waals surface area contributed by atoms with Crippen molar-refractivity contribution in [1.29, 1.82) is 0 Å². The Morgan fingerprint density at radius 1 is 1.41 bits per heavy atom. The van der Waals surface area contributed by atoms with Gasteiger partial charge in [0.2, 0.25) is 5.91 Å². The second-order valence-corrected chi connectivity index (χ2v) is 5.41. The molecule has 0 aromatic heterocycles. The molecule has 2 fully saturated rings. The fourth-order valence-electron chi connectivity index (χ4n) is 2.98. The van der Waals surface area contributed by atoms with Gasteiger partial charge in [0.05, 0.1) is 12.1 Å². The molecule has 4 heteroatoms. The molecule has 0 spiro atoms. The van der Waals surface area contributed by atoms with E-state index in [-0.39, 0.29) is 18.1 Å². The number of rotatable bonds is 3. The molecule has 2 aliphatic heterocycles. The van der Waals surface area contributed by atoms with E-state index in [2.05, 4.69) is 12.2 Å². The van der Waals surface area contributed by atoms with E-state index in [1.54, 1.807) is 0 Å². The van der Waals surface area contributed by atoms with E-state index in [4.69, 9.17) is 0 Å². The Bertz CT molecular complexity index is 262. The van der Waals surface area contributed by atoms with Crippen molar-refractivity contribution in [3.8, 4) is 0 Å². The van der Waals surface area contributed by atoms with Crippen LogP contribution in [0, 0.1) is 5.92 Å². The van der Waals surface area contributed by atoms with Gasteiger partial charge in [-0.05, 0) is 25.2 Å². The van der Waals surface area contributed by atoms with Gasteiger partial charge in [-0.1, -0.05) is 19.8 Å². The molecule has 0 unspecified atom stereocenters. The highest BCUT2D eigenvalue weighted by molar-refractivity contribution is 5.82. The Kier molecular flexibility index (Phi) is 4.40. The molecular weight excluding hydrogens is 216 g/mol. The number of nitrogens with one attached hydrogen (secondary N) is 1. The largest absolute Gasteiger partial charge is 0.392 e. The standard InChI is InChI=1S/C13H24N2O2/c1-2-3-10-4-6-15(7-5-10)13(17)12-8-11(16)9-14-12/h10-12,14,16H,2-9H2,1H3/t11-,12-/m1/s1. The summed E-state index contributed by atoms with van der Waals surface area (Å²) in [6, 6.07) is -0.146. The third kappa shape index (κ3) is 3.19. The van der Waals surface area contributed by atoms with Gasteiger partial charge in [-0.2, -0.15) is 0 Å². The van der Waals surface area contributed by atoms with Crippen LogP contribution in [-0.2, 0) is 4.79 Å². The van der Waals surface area contributed by atoms with Crippen molar-refractivity contribution in [2.75, 3.05) is 19.6 Å². The number of piperidine rings is 1. The van der Waals surface area contributed by atoms with Gasteiger partial charge >= 0.3 is 0 Å². The van der Waals surface area contributed by atoms with Crippen molar-refractivity contribution in [2.24, 2.45) is 5.92 Å². The molecule has 0 aliphatic carbocycles. The summed E-state index contributed by atoms with van der Waals surface area (Å²) < 4.78 is 0. The average Bonchev–Trinajstić information content (AvgIpc) is 2.76. The number of likely N-dealkylation sites (tertiary alicyclic amines) is 1. The minimum absolute atomic E-state index is 0.146. The van der Waals surface area contributed by atoms with Gasteiger partial charge in [-0.3, -0.25) is 4.79 Å². The predicted octanol–water partition coefficient (Wildman–Crippen LogP) is 0.748. The van der Waals surface area contributed by atoms with E-state index in [1.807, 2.05) is 4.90 Å². The van der Waals surface area contributed by atoms with Gasteiger partial charge in [0.15, 0.2) is 0 Å². The lowest BCUT2D eigenvalue weighted by Gasteiger charge is -2.33. The van der Waals surface area contributed by atoms with Crippen LogP contribution in [0.25, 0.3) is 0 Å². The summed E-state index contributed by atoms with van der Waals surface area (Å²) in [4.78, 5) is 14.1. The number of nitrogens with zero attached hydrogens (tertiary/aromatic N) is 1. The average molecular weight is 240 g/mol. The first kappa shape index (κ1) is 12.8. The third-order valence-corrected chi connectivity index (χ3v) is 4.03. The Balaban J connectivity index is 1.78. The zero-order valence-corrected chi connectivity index (χ0v) is 10.7. The van der Waals surface area contributed by atoms with E-state index in [0.717, 1.165) is 31.8 Å². The van der Waals surface area contributed by atoms with E-state index in [1.165, 1.54) is 12.8 Å². The molecule has 4 nitrogen and oxygen atoms in total. The Hall–Kier alpha value is -0.610. The first-order valence-corrected chi connectivity index (χ1v) is 6.91. The van der Waals surface area contributed by atoms with Crippen LogP contribution in [0.4, 0.5) is 0 Å². The third-order valence-electron chi connectivity index (χ3n) is 4.03. The van der Waals surface area contributed by atoms with Crippen LogP contribution >= 0.6 is 0 Å². The first-order valence-electron chi connectivity index (χ1n) is 6.91. The van der Waals surface area contributed by atoms with E-state index >= 15 is 0 Å². The van der Waals surface area contributed by atoms with Gasteiger partial charge in [-0.15, -0.1) is 0 Å². The molecule has 17 heavy (non-hydrogen) atoms. The second-order valence-electron chi connectivity index (χ2n) is 5.41. The number of aliphatic hydroxyl groups excluding tert-OH is 1. The lowest BCUT2D eigenvalue weighted by molar-refractivity contribution is -0.134. The highest BCUT2D eigenvalue weighted by Crippen LogP contribution is 2.22. The summed E-state index contributed by atoms with van der Waals surface area (Å²) in [5.41, 5.74) is 0. The minimum Gasteiger partial charge on any atom is -0.392 e. The van der Waals surface area contributed by atoms with E-state index in [9.17, 15) is 9.90 Å². The molecule has 0 aromatic rings. The maximum atomic E-state index is 12.2. The van der Waals surface area contributed by atoms with E-state index < -0.39 is 0 Å². The smallest absolute Gasteiger partial charge is 0.239 e. The topological polar surface area (TPSA) is 52.6 Å². The molecule has 2 heterocycles. The zero-order valence-electron chi connectivity index (χ0n) is 10.7. The second kappa shape index (κ2) is 5.83. The summed E-state index contributed by atoms with van der Waals surface area (Å²) in [6.07, 6.45) is 5.07. The molecule has 1 amide bonds. The highest BCUT2D eigenvalue weighted by atomic mass is 16.3. The lowest BCUT2D eigenvalue weighted by Crippen LogP contribution is -2.47. The van der Waals surface area contributed by atoms with Gasteiger partial charge in [0.1, 0.15) is 0 Å². The SMILES string of the molecule is CCCC1CCN(C(=O)[C@H]2C[C@@H](O)CN2)CC1. The molecule has 0 aromatic carbocycles. The van der Waals surface area contributed by atoms with Crippen molar-refractivity contribution in [1.82, 2.24) is 10.2 Å². The van der Waals surface area contributed by atoms with Crippen molar-refractivity contribution in [2.45, 2.75) is 51.2 Å². The number of carbonyl (C=O) groups excluding carboxylic acids is 1. The maximum Gasteiger partial charge on any atom is 0.239 e. The highest BCUT2D eigenvalue weighted by Gasteiger charge is 2.32.